The summed E-state index contributed by atoms with van der Waals surface area (Å²) < 4.78 is 36.1. The van der Waals surface area contributed by atoms with Gasteiger partial charge in [-0.3, -0.25) is 9.10 Å². The summed E-state index contributed by atoms with van der Waals surface area (Å²) in [4.78, 5) is 12.3. The monoisotopic (exact) mass is 420 g/mol. The summed E-state index contributed by atoms with van der Waals surface area (Å²) in [5.41, 5.74) is 1.47. The van der Waals surface area contributed by atoms with Crippen LogP contribution in [0.25, 0.3) is 0 Å². The molecular weight excluding hydrogens is 392 g/mol. The predicted octanol–water partition coefficient (Wildman–Crippen LogP) is 2.61. The number of carbonyl (C=O) groups excluding carboxylic acids is 1. The van der Waals surface area contributed by atoms with Gasteiger partial charge in [0.2, 0.25) is 15.9 Å². The molecule has 0 fully saturated rings. The van der Waals surface area contributed by atoms with Crippen LogP contribution in [-0.4, -0.2) is 47.4 Å². The van der Waals surface area contributed by atoms with Crippen molar-refractivity contribution < 1.29 is 22.7 Å². The fourth-order valence-electron chi connectivity index (χ4n) is 2.65. The summed E-state index contributed by atoms with van der Waals surface area (Å²) >= 11 is 0. The lowest BCUT2D eigenvalue weighted by molar-refractivity contribution is -0.119. The second kappa shape index (κ2) is 10.7. The molecule has 0 saturated carbocycles. The first-order chi connectivity index (χ1) is 13.8. The van der Waals surface area contributed by atoms with E-state index in [1.54, 1.807) is 31.4 Å². The Bertz CT molecular complexity index is 880. The lowest BCUT2D eigenvalue weighted by Crippen LogP contribution is -2.40. The normalized spacial score (nSPS) is 11.0. The number of nitrogens with zero attached hydrogens (tertiary/aromatic N) is 1. The first-order valence-electron chi connectivity index (χ1n) is 9.43. The Hall–Kier alpha value is -2.74. The van der Waals surface area contributed by atoms with E-state index in [4.69, 9.17) is 9.47 Å². The number of methoxy groups -OCH3 is 1. The third-order valence-corrected chi connectivity index (χ3v) is 5.32. The molecule has 0 bridgehead atoms. The first-order valence-corrected chi connectivity index (χ1v) is 11.3. The molecule has 1 amide bonds. The number of amides is 1. The molecule has 0 saturated heterocycles. The van der Waals surface area contributed by atoms with E-state index >= 15 is 0 Å². The minimum atomic E-state index is -3.61. The van der Waals surface area contributed by atoms with Crippen molar-refractivity contribution in [3.63, 3.8) is 0 Å². The molecule has 0 aromatic heterocycles. The summed E-state index contributed by atoms with van der Waals surface area (Å²) in [7, 11) is -2.00. The van der Waals surface area contributed by atoms with Gasteiger partial charge in [-0.25, -0.2) is 8.42 Å². The third kappa shape index (κ3) is 7.30. The number of carbonyl (C=O) groups is 1. The molecule has 158 valence electrons. The molecule has 29 heavy (non-hydrogen) atoms. The predicted molar refractivity (Wildman–Crippen MR) is 114 cm³/mol. The molecule has 2 rings (SSSR count). The molecule has 2 aromatic rings. The van der Waals surface area contributed by atoms with E-state index in [0.29, 0.717) is 31.0 Å². The lowest BCUT2D eigenvalue weighted by atomic mass is 10.1. The minimum absolute atomic E-state index is 0.281. The highest BCUT2D eigenvalue weighted by molar-refractivity contribution is 7.92. The largest absolute Gasteiger partial charge is 0.497 e. The Morgan fingerprint density at radius 2 is 1.66 bits per heavy atom. The summed E-state index contributed by atoms with van der Waals surface area (Å²) in [6, 6.07) is 14.2. The molecule has 0 aliphatic carbocycles. The highest BCUT2D eigenvalue weighted by Crippen LogP contribution is 2.21. The molecule has 0 atom stereocenters. The van der Waals surface area contributed by atoms with E-state index in [2.05, 4.69) is 5.32 Å². The van der Waals surface area contributed by atoms with E-state index < -0.39 is 10.0 Å². The van der Waals surface area contributed by atoms with Crippen molar-refractivity contribution in [1.82, 2.24) is 5.32 Å². The maximum absolute atomic E-state index is 12.3. The van der Waals surface area contributed by atoms with Crippen molar-refractivity contribution in [1.29, 1.82) is 0 Å². The van der Waals surface area contributed by atoms with Crippen LogP contribution in [0.1, 0.15) is 18.9 Å². The van der Waals surface area contributed by atoms with Crippen LogP contribution in [0, 0.1) is 0 Å². The van der Waals surface area contributed by atoms with Gasteiger partial charge in [-0.2, -0.15) is 0 Å². The number of nitrogens with one attached hydrogen (secondary N) is 1. The van der Waals surface area contributed by atoms with Crippen LogP contribution in [0.2, 0.25) is 0 Å². The van der Waals surface area contributed by atoms with Crippen LogP contribution in [0.4, 0.5) is 5.69 Å². The fraction of sp³-hybridized carbons (Fsp3) is 0.381. The summed E-state index contributed by atoms with van der Waals surface area (Å²) in [6.07, 6.45) is 2.60. The molecule has 8 heteroatoms. The lowest BCUT2D eigenvalue weighted by Gasteiger charge is -2.22. The summed E-state index contributed by atoms with van der Waals surface area (Å²) in [6.45, 7) is 2.72. The highest BCUT2D eigenvalue weighted by atomic mass is 32.2. The molecule has 0 spiro atoms. The van der Waals surface area contributed by atoms with Crippen molar-refractivity contribution in [2.45, 2.75) is 19.8 Å². The van der Waals surface area contributed by atoms with Gasteiger partial charge in [0.1, 0.15) is 18.0 Å². The van der Waals surface area contributed by atoms with Gasteiger partial charge in [-0.15, -0.1) is 0 Å². The van der Waals surface area contributed by atoms with Crippen LogP contribution in [-0.2, 0) is 21.2 Å². The molecule has 7 nitrogen and oxygen atoms in total. The molecule has 0 radical (unpaired) electrons. The molecular formula is C21H28N2O5S. The Morgan fingerprint density at radius 1 is 1.03 bits per heavy atom. The Balaban J connectivity index is 1.94. The number of rotatable bonds is 11. The zero-order valence-corrected chi connectivity index (χ0v) is 17.9. The van der Waals surface area contributed by atoms with E-state index in [1.807, 2.05) is 31.2 Å². The number of sulfonamides is 1. The first kappa shape index (κ1) is 22.5. The zero-order valence-electron chi connectivity index (χ0n) is 17.1. The summed E-state index contributed by atoms with van der Waals surface area (Å²) in [5, 5.41) is 2.77. The summed E-state index contributed by atoms with van der Waals surface area (Å²) in [5.74, 6) is 1.07. The van der Waals surface area contributed by atoms with Crippen molar-refractivity contribution in [2.75, 3.05) is 37.4 Å². The Morgan fingerprint density at radius 3 is 2.21 bits per heavy atom. The number of hydrogen-bond acceptors (Lipinski definition) is 5. The minimum Gasteiger partial charge on any atom is -0.497 e. The number of hydrogen-bond donors (Lipinski definition) is 1. The SMILES string of the molecule is CCCOc1ccc(N(CC(=O)NCCc2ccc(OC)cc2)S(C)(=O)=O)cc1. The van der Waals surface area contributed by atoms with Crippen molar-refractivity contribution in [2.24, 2.45) is 0 Å². The standard InChI is InChI=1S/C21H28N2O5S/c1-4-15-28-20-11-7-18(8-12-20)23(29(3,25)26)16-21(24)22-14-13-17-5-9-19(27-2)10-6-17/h5-12H,4,13-16H2,1-3H3,(H,22,24). The Labute approximate surface area is 172 Å². The van der Waals surface area contributed by atoms with Crippen molar-refractivity contribution >= 4 is 21.6 Å². The van der Waals surface area contributed by atoms with Gasteiger partial charge in [-0.1, -0.05) is 19.1 Å². The van der Waals surface area contributed by atoms with E-state index in [0.717, 1.165) is 28.3 Å². The van der Waals surface area contributed by atoms with Crippen LogP contribution in [0.15, 0.2) is 48.5 Å². The van der Waals surface area contributed by atoms with Crippen molar-refractivity contribution in [3.8, 4) is 11.5 Å². The molecule has 0 unspecified atom stereocenters. The zero-order chi connectivity index (χ0) is 21.3. The molecule has 2 aromatic carbocycles. The van der Waals surface area contributed by atoms with Gasteiger partial charge in [0.25, 0.3) is 0 Å². The number of benzene rings is 2. The average Bonchev–Trinajstić information content (AvgIpc) is 2.70. The van der Waals surface area contributed by atoms with Crippen LogP contribution >= 0.6 is 0 Å². The van der Waals surface area contributed by atoms with Gasteiger partial charge < -0.3 is 14.8 Å². The quantitative estimate of drug-likeness (QED) is 0.604. The Kier molecular flexibility index (Phi) is 8.33. The van der Waals surface area contributed by atoms with E-state index in [9.17, 15) is 13.2 Å². The third-order valence-electron chi connectivity index (χ3n) is 4.18. The smallest absolute Gasteiger partial charge is 0.240 e. The van der Waals surface area contributed by atoms with Gasteiger partial charge in [0, 0.05) is 6.54 Å². The van der Waals surface area contributed by atoms with E-state index in [-0.39, 0.29) is 12.5 Å². The second-order valence-corrected chi connectivity index (χ2v) is 8.47. The second-order valence-electron chi connectivity index (χ2n) is 6.56. The van der Waals surface area contributed by atoms with Crippen LogP contribution < -0.4 is 19.1 Å². The highest BCUT2D eigenvalue weighted by Gasteiger charge is 2.20. The van der Waals surface area contributed by atoms with E-state index in [1.165, 1.54) is 0 Å². The molecule has 0 heterocycles. The van der Waals surface area contributed by atoms with Gasteiger partial charge in [0.15, 0.2) is 0 Å². The fourth-order valence-corrected chi connectivity index (χ4v) is 3.51. The van der Waals surface area contributed by atoms with Gasteiger partial charge >= 0.3 is 0 Å². The topological polar surface area (TPSA) is 84.9 Å². The number of ether oxygens (including phenoxy) is 2. The maximum Gasteiger partial charge on any atom is 0.240 e. The maximum atomic E-state index is 12.3. The molecule has 1 N–H and O–H groups in total. The van der Waals surface area contributed by atoms with Gasteiger partial charge in [-0.05, 0) is 54.8 Å². The van der Waals surface area contributed by atoms with Crippen molar-refractivity contribution in [3.05, 3.63) is 54.1 Å². The molecule has 0 aliphatic rings. The van der Waals surface area contributed by atoms with Crippen LogP contribution in [0.3, 0.4) is 0 Å². The average molecular weight is 421 g/mol. The number of anilines is 1. The van der Waals surface area contributed by atoms with Gasteiger partial charge in [0.05, 0.1) is 25.7 Å². The van der Waals surface area contributed by atoms with Crippen LogP contribution in [0.5, 0.6) is 11.5 Å². The molecule has 0 aliphatic heterocycles.